The number of nitrogens with zero attached hydrogens (tertiary/aromatic N) is 1. The first-order valence-electron chi connectivity index (χ1n) is 6.51. The molecule has 0 spiro atoms. The van der Waals surface area contributed by atoms with Crippen molar-refractivity contribution in [1.29, 1.82) is 0 Å². The Labute approximate surface area is 104 Å². The summed E-state index contributed by atoms with van der Waals surface area (Å²) in [7, 11) is 0. The van der Waals surface area contributed by atoms with Crippen LogP contribution in [0.5, 0.6) is 0 Å². The summed E-state index contributed by atoms with van der Waals surface area (Å²) >= 11 is 0. The van der Waals surface area contributed by atoms with Crippen molar-refractivity contribution in [2.75, 3.05) is 6.54 Å². The van der Waals surface area contributed by atoms with Gasteiger partial charge in [-0.25, -0.2) is 0 Å². The zero-order valence-electron chi connectivity index (χ0n) is 11.0. The van der Waals surface area contributed by atoms with Gasteiger partial charge in [0.05, 0.1) is 5.69 Å². The van der Waals surface area contributed by atoms with Gasteiger partial charge in [0.2, 0.25) is 0 Å². The fraction of sp³-hybridized carbons (Fsp3) is 0.533. The molecular weight excluding hydrogens is 208 g/mol. The predicted molar refractivity (Wildman–Crippen MR) is 72.8 cm³/mol. The van der Waals surface area contributed by atoms with Gasteiger partial charge >= 0.3 is 0 Å². The van der Waals surface area contributed by atoms with Crippen molar-refractivity contribution in [2.45, 2.75) is 39.7 Å². The van der Waals surface area contributed by atoms with Crippen molar-refractivity contribution >= 4 is 6.08 Å². The lowest BCUT2D eigenvalue weighted by Crippen LogP contribution is -2.21. The molecule has 2 nitrogen and oxygen atoms in total. The van der Waals surface area contributed by atoms with Crippen LogP contribution in [0.4, 0.5) is 0 Å². The van der Waals surface area contributed by atoms with Crippen LogP contribution in [-0.4, -0.2) is 17.6 Å². The normalized spacial score (nSPS) is 16.6. The van der Waals surface area contributed by atoms with Crippen LogP contribution in [0.2, 0.25) is 0 Å². The van der Waals surface area contributed by atoms with Crippen LogP contribution in [-0.2, 0) is 0 Å². The maximum atomic E-state index is 4.44. The predicted octanol–water partition coefficient (Wildman–Crippen LogP) is 3.18. The SMILES string of the molecule is Cc1ccc(/C=C(\CNC2CC2)C(C)C)nc1. The Balaban J connectivity index is 2.04. The third-order valence-corrected chi connectivity index (χ3v) is 3.18. The minimum atomic E-state index is 0.573. The Morgan fingerprint density at radius 2 is 2.24 bits per heavy atom. The van der Waals surface area contributed by atoms with E-state index in [0.29, 0.717) is 5.92 Å². The van der Waals surface area contributed by atoms with Gasteiger partial charge in [-0.3, -0.25) is 4.98 Å². The molecule has 0 bridgehead atoms. The molecule has 0 amide bonds. The largest absolute Gasteiger partial charge is 0.310 e. The van der Waals surface area contributed by atoms with E-state index >= 15 is 0 Å². The number of pyridine rings is 1. The lowest BCUT2D eigenvalue weighted by Gasteiger charge is -2.12. The minimum Gasteiger partial charge on any atom is -0.310 e. The van der Waals surface area contributed by atoms with Gasteiger partial charge in [0.15, 0.2) is 0 Å². The zero-order chi connectivity index (χ0) is 12.3. The van der Waals surface area contributed by atoms with Crippen LogP contribution in [0.3, 0.4) is 0 Å². The first-order chi connectivity index (χ1) is 8.15. The number of nitrogens with one attached hydrogen (secondary N) is 1. The highest BCUT2D eigenvalue weighted by molar-refractivity contribution is 5.50. The van der Waals surface area contributed by atoms with Crippen LogP contribution in [0, 0.1) is 12.8 Å². The third kappa shape index (κ3) is 3.97. The molecule has 0 unspecified atom stereocenters. The summed E-state index contributed by atoms with van der Waals surface area (Å²) in [4.78, 5) is 4.44. The topological polar surface area (TPSA) is 24.9 Å². The van der Waals surface area contributed by atoms with Crippen LogP contribution < -0.4 is 5.32 Å². The summed E-state index contributed by atoms with van der Waals surface area (Å²) in [5.74, 6) is 0.573. The number of aromatic nitrogens is 1. The van der Waals surface area contributed by atoms with E-state index in [1.54, 1.807) is 0 Å². The molecule has 0 saturated heterocycles. The third-order valence-electron chi connectivity index (χ3n) is 3.18. The van der Waals surface area contributed by atoms with Crippen molar-refractivity contribution in [1.82, 2.24) is 10.3 Å². The number of aryl methyl sites for hydroxylation is 1. The van der Waals surface area contributed by atoms with E-state index in [1.807, 2.05) is 6.20 Å². The maximum Gasteiger partial charge on any atom is 0.0629 e. The van der Waals surface area contributed by atoms with Crippen LogP contribution in [0.25, 0.3) is 6.08 Å². The van der Waals surface area contributed by atoms with Crippen LogP contribution in [0.15, 0.2) is 23.9 Å². The molecule has 1 aliphatic rings. The second-order valence-electron chi connectivity index (χ2n) is 5.29. The van der Waals surface area contributed by atoms with Gasteiger partial charge in [0.25, 0.3) is 0 Å². The molecule has 0 atom stereocenters. The van der Waals surface area contributed by atoms with Crippen molar-refractivity contribution in [2.24, 2.45) is 5.92 Å². The standard InChI is InChI=1S/C15H22N2/c1-11(2)13(10-17-14-6-7-14)8-15-5-4-12(3)9-16-15/h4-5,8-9,11,14,17H,6-7,10H2,1-3H3/b13-8+. The lowest BCUT2D eigenvalue weighted by molar-refractivity contribution is 0.662. The Morgan fingerprint density at radius 3 is 2.76 bits per heavy atom. The van der Waals surface area contributed by atoms with Gasteiger partial charge in [0, 0.05) is 18.8 Å². The minimum absolute atomic E-state index is 0.573. The summed E-state index contributed by atoms with van der Waals surface area (Å²) in [5, 5.41) is 3.57. The molecule has 0 radical (unpaired) electrons. The van der Waals surface area contributed by atoms with E-state index in [1.165, 1.54) is 24.0 Å². The first-order valence-corrected chi connectivity index (χ1v) is 6.51. The second-order valence-corrected chi connectivity index (χ2v) is 5.29. The molecule has 2 heteroatoms. The maximum absolute atomic E-state index is 4.44. The quantitative estimate of drug-likeness (QED) is 0.840. The molecule has 2 rings (SSSR count). The summed E-state index contributed by atoms with van der Waals surface area (Å²) in [6.07, 6.45) is 6.83. The molecule has 1 heterocycles. The molecule has 1 saturated carbocycles. The lowest BCUT2D eigenvalue weighted by atomic mass is 10.0. The molecule has 1 aliphatic carbocycles. The van der Waals surface area contributed by atoms with Crippen molar-refractivity contribution in [3.8, 4) is 0 Å². The molecule has 1 aromatic rings. The molecule has 17 heavy (non-hydrogen) atoms. The van der Waals surface area contributed by atoms with Gasteiger partial charge in [-0.05, 0) is 43.4 Å². The smallest absolute Gasteiger partial charge is 0.0629 e. The highest BCUT2D eigenvalue weighted by Gasteiger charge is 2.20. The highest BCUT2D eigenvalue weighted by Crippen LogP contribution is 2.20. The van der Waals surface area contributed by atoms with E-state index in [9.17, 15) is 0 Å². The van der Waals surface area contributed by atoms with Crippen molar-refractivity contribution in [3.05, 3.63) is 35.2 Å². The number of hydrogen-bond acceptors (Lipinski definition) is 2. The van der Waals surface area contributed by atoms with E-state index in [4.69, 9.17) is 0 Å². The molecule has 1 N–H and O–H groups in total. The number of rotatable bonds is 5. The van der Waals surface area contributed by atoms with E-state index in [2.05, 4.69) is 49.3 Å². The van der Waals surface area contributed by atoms with E-state index in [-0.39, 0.29) is 0 Å². The van der Waals surface area contributed by atoms with Crippen LogP contribution in [0.1, 0.15) is 37.9 Å². The van der Waals surface area contributed by atoms with Gasteiger partial charge in [0.1, 0.15) is 0 Å². The van der Waals surface area contributed by atoms with Gasteiger partial charge < -0.3 is 5.32 Å². The van der Waals surface area contributed by atoms with Gasteiger partial charge in [-0.1, -0.05) is 25.5 Å². The average Bonchev–Trinajstić information content (AvgIpc) is 3.10. The van der Waals surface area contributed by atoms with E-state index < -0.39 is 0 Å². The number of hydrogen-bond donors (Lipinski definition) is 1. The Hall–Kier alpha value is -1.15. The molecular formula is C15H22N2. The van der Waals surface area contributed by atoms with Crippen LogP contribution >= 0.6 is 0 Å². The summed E-state index contributed by atoms with van der Waals surface area (Å²) in [6, 6.07) is 4.98. The molecule has 1 fully saturated rings. The van der Waals surface area contributed by atoms with Gasteiger partial charge in [-0.2, -0.15) is 0 Å². The fourth-order valence-corrected chi connectivity index (χ4v) is 1.73. The summed E-state index contributed by atoms with van der Waals surface area (Å²) in [5.41, 5.74) is 3.72. The summed E-state index contributed by atoms with van der Waals surface area (Å²) in [6.45, 7) is 7.56. The Kier molecular flexibility index (Phi) is 3.95. The monoisotopic (exact) mass is 230 g/mol. The Bertz CT molecular complexity index is 386. The fourth-order valence-electron chi connectivity index (χ4n) is 1.73. The van der Waals surface area contributed by atoms with E-state index in [0.717, 1.165) is 18.3 Å². The average molecular weight is 230 g/mol. The first kappa shape index (κ1) is 12.3. The van der Waals surface area contributed by atoms with Crippen molar-refractivity contribution in [3.63, 3.8) is 0 Å². The highest BCUT2D eigenvalue weighted by atomic mass is 14.9. The molecule has 92 valence electrons. The molecule has 1 aromatic heterocycles. The Morgan fingerprint density at radius 1 is 1.47 bits per heavy atom. The van der Waals surface area contributed by atoms with Gasteiger partial charge in [-0.15, -0.1) is 0 Å². The second kappa shape index (κ2) is 5.46. The zero-order valence-corrected chi connectivity index (χ0v) is 11.0. The summed E-state index contributed by atoms with van der Waals surface area (Å²) < 4.78 is 0. The molecule has 0 aliphatic heterocycles. The molecule has 0 aromatic carbocycles. The van der Waals surface area contributed by atoms with Crippen molar-refractivity contribution < 1.29 is 0 Å².